The minimum absolute atomic E-state index is 0.959. The third-order valence-corrected chi connectivity index (χ3v) is 18.1. The molecule has 0 saturated carbocycles. The van der Waals surface area contributed by atoms with Gasteiger partial charge >= 0.3 is 0 Å². The minimum atomic E-state index is -1.85. The molecule has 8 aromatic carbocycles. The highest BCUT2D eigenvalue weighted by atomic mass is 31.1. The van der Waals surface area contributed by atoms with Gasteiger partial charge in [0.25, 0.3) is 0 Å². The van der Waals surface area contributed by atoms with Crippen molar-refractivity contribution < 1.29 is 0 Å². The first-order valence-electron chi connectivity index (χ1n) is 20.7. The summed E-state index contributed by atoms with van der Waals surface area (Å²) in [6.45, 7) is 25.7. The molecule has 3 heteroatoms. The van der Waals surface area contributed by atoms with Crippen LogP contribution in [0.5, 0.6) is 0 Å². The van der Waals surface area contributed by atoms with E-state index in [-0.39, 0.29) is 0 Å². The fraction of sp³-hybridized carbons (Fsp3) is 0.200. The van der Waals surface area contributed by atoms with Crippen molar-refractivity contribution in [3.05, 3.63) is 184 Å². The molecule has 0 nitrogen and oxygen atoms in total. The Kier molecular flexibility index (Phi) is 11.0. The van der Waals surface area contributed by atoms with Gasteiger partial charge in [0, 0.05) is 0 Å². The first-order chi connectivity index (χ1) is 27.6. The highest BCUT2D eigenvalue weighted by Gasteiger charge is 2.32. The average molecular weight is 807 g/mol. The largest absolute Gasteiger partial charge is 0.0784 e. The average Bonchev–Trinajstić information content (AvgIpc) is 3.13. The van der Waals surface area contributed by atoms with Gasteiger partial charge in [-0.05, 0) is 136 Å². The Labute approximate surface area is 350 Å². The molecular formula is C55H56P2Si. The van der Waals surface area contributed by atoms with Crippen LogP contribution in [0.15, 0.2) is 140 Å². The molecule has 0 atom stereocenters. The number of rotatable bonds is 8. The molecular weight excluding hydrogens is 751 g/mol. The van der Waals surface area contributed by atoms with Crippen LogP contribution in [0, 0.1) is 55.4 Å². The fourth-order valence-corrected chi connectivity index (χ4v) is 16.8. The minimum Gasteiger partial charge on any atom is -0.0656 e. The quantitative estimate of drug-likeness (QED) is 0.106. The smallest absolute Gasteiger partial charge is 0.0656 e. The molecule has 0 fully saturated rings. The molecule has 58 heavy (non-hydrogen) atoms. The monoisotopic (exact) mass is 806 g/mol. The zero-order valence-electron chi connectivity index (χ0n) is 36.2. The van der Waals surface area contributed by atoms with Crippen molar-refractivity contribution in [2.45, 2.75) is 75.0 Å². The van der Waals surface area contributed by atoms with Crippen LogP contribution in [0.1, 0.15) is 44.5 Å². The summed E-state index contributed by atoms with van der Waals surface area (Å²) in [5.74, 6) is 0. The van der Waals surface area contributed by atoms with Gasteiger partial charge in [0.05, 0.1) is 8.07 Å². The number of aryl methyl sites for hydroxylation is 8. The first-order valence-corrected chi connectivity index (χ1v) is 26.8. The summed E-state index contributed by atoms with van der Waals surface area (Å²) in [5.41, 5.74) is 13.3. The molecule has 0 aromatic heterocycles. The van der Waals surface area contributed by atoms with E-state index in [9.17, 15) is 0 Å². The van der Waals surface area contributed by atoms with E-state index in [4.69, 9.17) is 0 Å². The number of benzene rings is 8. The lowest BCUT2D eigenvalue weighted by Gasteiger charge is -2.31. The summed E-state index contributed by atoms with van der Waals surface area (Å²) in [7, 11) is -3.79. The second kappa shape index (κ2) is 15.8. The number of hydrogen-bond donors (Lipinski definition) is 0. The molecule has 0 saturated heterocycles. The highest BCUT2D eigenvalue weighted by molar-refractivity contribution is 7.81. The number of hydrogen-bond acceptors (Lipinski definition) is 0. The normalized spacial score (nSPS) is 12.0. The zero-order chi connectivity index (χ0) is 41.0. The van der Waals surface area contributed by atoms with Crippen molar-refractivity contribution in [3.8, 4) is 11.1 Å². The lowest BCUT2D eigenvalue weighted by molar-refractivity contribution is 1.40. The van der Waals surface area contributed by atoms with E-state index >= 15 is 0 Å². The van der Waals surface area contributed by atoms with E-state index in [1.54, 1.807) is 0 Å². The first kappa shape index (κ1) is 40.1. The molecule has 0 unspecified atom stereocenters. The van der Waals surface area contributed by atoms with Crippen LogP contribution in [-0.4, -0.2) is 8.07 Å². The third kappa shape index (κ3) is 7.90. The number of fused-ring (bicyclic) bond motifs is 2. The Bertz CT molecular complexity index is 2690. The summed E-state index contributed by atoms with van der Waals surface area (Å²) >= 11 is 0. The summed E-state index contributed by atoms with van der Waals surface area (Å²) in [6.07, 6.45) is 0. The fourth-order valence-electron chi connectivity index (χ4n) is 9.30. The van der Waals surface area contributed by atoms with E-state index in [1.807, 2.05) is 0 Å². The Morgan fingerprint density at radius 1 is 0.328 bits per heavy atom. The summed E-state index contributed by atoms with van der Waals surface area (Å²) < 4.78 is 0. The van der Waals surface area contributed by atoms with Gasteiger partial charge in [0.2, 0.25) is 0 Å². The molecule has 0 aliphatic rings. The van der Waals surface area contributed by atoms with Crippen molar-refractivity contribution in [1.29, 1.82) is 0 Å². The summed E-state index contributed by atoms with van der Waals surface area (Å²) in [4.78, 5) is 0. The highest BCUT2D eigenvalue weighted by Crippen LogP contribution is 2.46. The van der Waals surface area contributed by atoms with E-state index in [1.165, 1.54) is 114 Å². The van der Waals surface area contributed by atoms with E-state index in [0.717, 1.165) is 0 Å². The lowest BCUT2D eigenvalue weighted by atomic mass is 9.93. The molecule has 0 aliphatic heterocycles. The molecule has 0 aliphatic carbocycles. The molecule has 0 heterocycles. The molecule has 0 radical (unpaired) electrons. The van der Waals surface area contributed by atoms with Gasteiger partial charge in [0.15, 0.2) is 0 Å². The SMILES string of the molecule is Cc1cc(C)cc(P(c2cc(C)cc(C)c2)c2ccc3ccccc3c2-c2c(P(c3cc(C)cc(C)c3)c3cc(C)cc(C)c3)cc([Si](C)(C)C)c3ccccc23)c1. The molecule has 8 rings (SSSR count). The molecule has 0 amide bonds. The van der Waals surface area contributed by atoms with Crippen molar-refractivity contribution in [2.75, 3.05) is 0 Å². The van der Waals surface area contributed by atoms with Gasteiger partial charge in [-0.1, -0.05) is 209 Å². The second-order valence-electron chi connectivity index (χ2n) is 17.8. The van der Waals surface area contributed by atoms with Gasteiger partial charge in [-0.3, -0.25) is 0 Å². The maximum atomic E-state index is 2.70. The topological polar surface area (TPSA) is 0 Å². The van der Waals surface area contributed by atoms with Gasteiger partial charge in [0.1, 0.15) is 0 Å². The van der Waals surface area contributed by atoms with Crippen LogP contribution < -0.4 is 37.0 Å². The van der Waals surface area contributed by atoms with Crippen LogP contribution in [0.25, 0.3) is 32.7 Å². The third-order valence-electron chi connectivity index (χ3n) is 11.3. The van der Waals surface area contributed by atoms with Crippen molar-refractivity contribution in [1.82, 2.24) is 0 Å². The summed E-state index contributed by atoms with van der Waals surface area (Å²) in [5, 5.41) is 15.5. The van der Waals surface area contributed by atoms with Crippen molar-refractivity contribution in [3.63, 3.8) is 0 Å². The predicted molar refractivity (Wildman–Crippen MR) is 265 cm³/mol. The molecule has 0 bridgehead atoms. The molecule has 8 aromatic rings. The Hall–Kier alpha value is -4.64. The Morgan fingerprint density at radius 2 is 0.672 bits per heavy atom. The zero-order valence-corrected chi connectivity index (χ0v) is 39.0. The molecule has 0 spiro atoms. The van der Waals surface area contributed by atoms with Crippen LogP contribution in [0.3, 0.4) is 0 Å². The predicted octanol–water partition coefficient (Wildman–Crippen LogP) is 12.2. The standard InChI is InChI=1S/C55H56P2Si/c1-35-22-36(2)27-44(26-35)56(45-28-37(3)23-38(4)29-45)51-21-20-43-16-12-13-17-48(43)54(51)55-50-19-15-14-18-49(50)53(58(9,10)11)34-52(55)57(46-30-39(5)24-40(6)31-46)47-32-41(7)25-42(8)33-47/h12-34H,1-11H3. The Balaban J connectivity index is 1.62. The van der Waals surface area contributed by atoms with E-state index < -0.39 is 23.9 Å². The maximum Gasteiger partial charge on any atom is 0.0784 e. The van der Waals surface area contributed by atoms with E-state index in [2.05, 4.69) is 215 Å². The van der Waals surface area contributed by atoms with Crippen LogP contribution in [0.4, 0.5) is 0 Å². The van der Waals surface area contributed by atoms with Gasteiger partial charge < -0.3 is 0 Å². The maximum absolute atomic E-state index is 2.70. The molecule has 290 valence electrons. The lowest BCUT2D eigenvalue weighted by Crippen LogP contribution is -2.41. The van der Waals surface area contributed by atoms with Crippen LogP contribution >= 0.6 is 15.8 Å². The van der Waals surface area contributed by atoms with Crippen molar-refractivity contribution in [2.24, 2.45) is 0 Å². The van der Waals surface area contributed by atoms with Crippen LogP contribution in [0.2, 0.25) is 19.6 Å². The molecule has 0 N–H and O–H groups in total. The summed E-state index contributed by atoms with van der Waals surface area (Å²) in [6, 6.07) is 55.2. The van der Waals surface area contributed by atoms with Crippen LogP contribution in [-0.2, 0) is 0 Å². The Morgan fingerprint density at radius 3 is 1.09 bits per heavy atom. The van der Waals surface area contributed by atoms with E-state index in [0.29, 0.717) is 0 Å². The van der Waals surface area contributed by atoms with Gasteiger partial charge in [-0.2, -0.15) is 0 Å². The second-order valence-corrected chi connectivity index (χ2v) is 27.3. The van der Waals surface area contributed by atoms with Gasteiger partial charge in [-0.15, -0.1) is 0 Å². The van der Waals surface area contributed by atoms with Gasteiger partial charge in [-0.25, -0.2) is 0 Å². The van der Waals surface area contributed by atoms with Crippen molar-refractivity contribution >= 4 is 82.5 Å².